The molecule has 0 aromatic heterocycles. The van der Waals surface area contributed by atoms with Crippen molar-refractivity contribution in [1.82, 2.24) is 5.32 Å². The van der Waals surface area contributed by atoms with Crippen LogP contribution in [0.2, 0.25) is 0 Å². The van der Waals surface area contributed by atoms with Crippen LogP contribution >= 0.6 is 15.9 Å². The van der Waals surface area contributed by atoms with E-state index in [1.54, 1.807) is 12.1 Å². The minimum Gasteiger partial charge on any atom is -0.313 e. The van der Waals surface area contributed by atoms with Gasteiger partial charge in [-0.1, -0.05) is 34.1 Å². The highest BCUT2D eigenvalue weighted by atomic mass is 79.9. The molecule has 0 saturated carbocycles. The summed E-state index contributed by atoms with van der Waals surface area (Å²) >= 11 is 3.52. The lowest BCUT2D eigenvalue weighted by Crippen LogP contribution is -2.19. The minimum absolute atomic E-state index is 0.123. The number of aryl methyl sites for hydroxylation is 1. The van der Waals surface area contributed by atoms with Crippen LogP contribution in [0.15, 0.2) is 46.9 Å². The maximum atomic E-state index is 10.7. The lowest BCUT2D eigenvalue weighted by atomic mass is 9.97. The molecule has 0 fully saturated rings. The minimum atomic E-state index is -0.378. The molecule has 0 amide bonds. The first kappa shape index (κ1) is 15.7. The van der Waals surface area contributed by atoms with Gasteiger partial charge in [0.1, 0.15) is 0 Å². The Hall–Kier alpha value is -1.72. The van der Waals surface area contributed by atoms with Crippen LogP contribution in [-0.4, -0.2) is 12.0 Å². The molecule has 1 N–H and O–H groups in total. The Kier molecular flexibility index (Phi) is 5.09. The average molecular weight is 349 g/mol. The molecule has 2 aromatic rings. The fraction of sp³-hybridized carbons (Fsp3) is 0.250. The van der Waals surface area contributed by atoms with E-state index in [-0.39, 0.29) is 16.7 Å². The summed E-state index contributed by atoms with van der Waals surface area (Å²) in [5.74, 6) is 0. The zero-order valence-electron chi connectivity index (χ0n) is 12.0. The van der Waals surface area contributed by atoms with Crippen molar-refractivity contribution in [2.24, 2.45) is 0 Å². The van der Waals surface area contributed by atoms with Gasteiger partial charge < -0.3 is 5.32 Å². The molecule has 0 aliphatic rings. The molecule has 0 saturated heterocycles. The predicted molar refractivity (Wildman–Crippen MR) is 87.5 cm³/mol. The zero-order valence-corrected chi connectivity index (χ0v) is 13.6. The summed E-state index contributed by atoms with van der Waals surface area (Å²) in [4.78, 5) is 10.3. The Bertz CT molecular complexity index is 621. The van der Waals surface area contributed by atoms with E-state index in [1.807, 2.05) is 19.2 Å². The summed E-state index contributed by atoms with van der Waals surface area (Å²) in [7, 11) is 1.92. The molecule has 2 rings (SSSR count). The molecule has 0 bridgehead atoms. The Morgan fingerprint density at radius 1 is 1.24 bits per heavy atom. The Morgan fingerprint density at radius 3 is 2.43 bits per heavy atom. The number of nitro benzene ring substituents is 1. The summed E-state index contributed by atoms with van der Waals surface area (Å²) in [6, 6.07) is 13.2. The maximum Gasteiger partial charge on any atom is 0.269 e. The van der Waals surface area contributed by atoms with Gasteiger partial charge in [-0.3, -0.25) is 10.1 Å². The second-order valence-electron chi connectivity index (χ2n) is 5.03. The Morgan fingerprint density at radius 2 is 1.90 bits per heavy atom. The van der Waals surface area contributed by atoms with E-state index >= 15 is 0 Å². The standard InChI is InChI=1S/C16H17BrN2O2/c1-11-7-13(10-14(17)8-11)16(18-2)9-12-3-5-15(6-4-12)19(20)21/h3-8,10,16,18H,9H2,1-2H3. The predicted octanol–water partition coefficient (Wildman–Crippen LogP) is 4.17. The van der Waals surface area contributed by atoms with E-state index in [0.29, 0.717) is 0 Å². The van der Waals surface area contributed by atoms with Crippen molar-refractivity contribution in [3.63, 3.8) is 0 Å². The molecule has 21 heavy (non-hydrogen) atoms. The summed E-state index contributed by atoms with van der Waals surface area (Å²) in [6.45, 7) is 2.06. The molecule has 2 aromatic carbocycles. The summed E-state index contributed by atoms with van der Waals surface area (Å²) < 4.78 is 1.06. The number of hydrogen-bond donors (Lipinski definition) is 1. The molecule has 110 valence electrons. The van der Waals surface area contributed by atoms with Crippen LogP contribution in [0.3, 0.4) is 0 Å². The normalized spacial score (nSPS) is 12.1. The number of nitrogens with zero attached hydrogens (tertiary/aromatic N) is 1. The quantitative estimate of drug-likeness (QED) is 0.651. The highest BCUT2D eigenvalue weighted by molar-refractivity contribution is 9.10. The number of benzene rings is 2. The molecule has 1 unspecified atom stereocenters. The number of halogens is 1. The lowest BCUT2D eigenvalue weighted by molar-refractivity contribution is -0.384. The topological polar surface area (TPSA) is 55.2 Å². The molecule has 4 nitrogen and oxygen atoms in total. The number of non-ortho nitro benzene ring substituents is 1. The molecule has 0 aliphatic carbocycles. The highest BCUT2D eigenvalue weighted by Crippen LogP contribution is 2.24. The number of hydrogen-bond acceptors (Lipinski definition) is 3. The van der Waals surface area contributed by atoms with Crippen molar-refractivity contribution in [1.29, 1.82) is 0 Å². The fourth-order valence-corrected chi connectivity index (χ4v) is 2.97. The van der Waals surface area contributed by atoms with E-state index in [4.69, 9.17) is 0 Å². The van der Waals surface area contributed by atoms with Gasteiger partial charge in [0.2, 0.25) is 0 Å². The van der Waals surface area contributed by atoms with E-state index in [1.165, 1.54) is 11.1 Å². The second kappa shape index (κ2) is 6.83. The van der Waals surface area contributed by atoms with Crippen molar-refractivity contribution in [2.75, 3.05) is 7.05 Å². The molecule has 1 atom stereocenters. The molecule has 0 radical (unpaired) electrons. The largest absolute Gasteiger partial charge is 0.313 e. The molecule has 0 heterocycles. The van der Waals surface area contributed by atoms with Crippen molar-refractivity contribution in [3.05, 3.63) is 73.7 Å². The SMILES string of the molecule is CNC(Cc1ccc([N+](=O)[O-])cc1)c1cc(C)cc(Br)c1. The van der Waals surface area contributed by atoms with Crippen LogP contribution in [-0.2, 0) is 6.42 Å². The second-order valence-corrected chi connectivity index (χ2v) is 5.95. The van der Waals surface area contributed by atoms with E-state index in [2.05, 4.69) is 46.4 Å². The molecule has 5 heteroatoms. The lowest BCUT2D eigenvalue weighted by Gasteiger charge is -2.18. The number of rotatable bonds is 5. The smallest absolute Gasteiger partial charge is 0.269 e. The number of nitro groups is 1. The van der Waals surface area contributed by atoms with Gasteiger partial charge in [-0.25, -0.2) is 0 Å². The van der Waals surface area contributed by atoms with Gasteiger partial charge in [-0.15, -0.1) is 0 Å². The third kappa shape index (κ3) is 4.12. The summed E-state index contributed by atoms with van der Waals surface area (Å²) in [6.07, 6.45) is 0.782. The zero-order chi connectivity index (χ0) is 15.4. The van der Waals surface area contributed by atoms with Crippen LogP contribution in [0.4, 0.5) is 5.69 Å². The first-order valence-corrected chi connectivity index (χ1v) is 7.46. The third-order valence-electron chi connectivity index (χ3n) is 3.40. The van der Waals surface area contributed by atoms with E-state index in [0.717, 1.165) is 16.5 Å². The number of likely N-dealkylation sites (N-methyl/N-ethyl adjacent to an activating group) is 1. The van der Waals surface area contributed by atoms with Crippen LogP contribution in [0, 0.1) is 17.0 Å². The maximum absolute atomic E-state index is 10.7. The van der Waals surface area contributed by atoms with Gasteiger partial charge in [0.05, 0.1) is 4.92 Å². The summed E-state index contributed by atoms with van der Waals surface area (Å²) in [5.41, 5.74) is 3.58. The monoisotopic (exact) mass is 348 g/mol. The van der Waals surface area contributed by atoms with Gasteiger partial charge in [0.25, 0.3) is 5.69 Å². The number of nitrogens with one attached hydrogen (secondary N) is 1. The van der Waals surface area contributed by atoms with Gasteiger partial charge in [0, 0.05) is 22.6 Å². The van der Waals surface area contributed by atoms with E-state index < -0.39 is 0 Å². The Labute approximate surface area is 132 Å². The van der Waals surface area contributed by atoms with Crippen LogP contribution in [0.1, 0.15) is 22.7 Å². The van der Waals surface area contributed by atoms with Crippen molar-refractivity contribution >= 4 is 21.6 Å². The van der Waals surface area contributed by atoms with Gasteiger partial charge in [-0.05, 0) is 49.2 Å². The van der Waals surface area contributed by atoms with E-state index in [9.17, 15) is 10.1 Å². The fourth-order valence-electron chi connectivity index (χ4n) is 2.34. The summed E-state index contributed by atoms with van der Waals surface area (Å²) in [5, 5.41) is 14.0. The Balaban J connectivity index is 2.20. The van der Waals surface area contributed by atoms with Crippen LogP contribution in [0.5, 0.6) is 0 Å². The molecule has 0 aliphatic heterocycles. The molecule has 0 spiro atoms. The van der Waals surface area contributed by atoms with Crippen molar-refractivity contribution in [3.8, 4) is 0 Å². The molecular formula is C16H17BrN2O2. The highest BCUT2D eigenvalue weighted by Gasteiger charge is 2.12. The first-order chi connectivity index (χ1) is 9.99. The van der Waals surface area contributed by atoms with Crippen LogP contribution in [0.25, 0.3) is 0 Å². The van der Waals surface area contributed by atoms with Gasteiger partial charge in [0.15, 0.2) is 0 Å². The van der Waals surface area contributed by atoms with Crippen LogP contribution < -0.4 is 5.32 Å². The van der Waals surface area contributed by atoms with Gasteiger partial charge >= 0.3 is 0 Å². The van der Waals surface area contributed by atoms with Crippen molar-refractivity contribution < 1.29 is 4.92 Å². The van der Waals surface area contributed by atoms with Gasteiger partial charge in [-0.2, -0.15) is 0 Å². The first-order valence-electron chi connectivity index (χ1n) is 6.67. The third-order valence-corrected chi connectivity index (χ3v) is 3.86. The van der Waals surface area contributed by atoms with Crippen molar-refractivity contribution in [2.45, 2.75) is 19.4 Å². The average Bonchev–Trinajstić information content (AvgIpc) is 2.44. The molecular weight excluding hydrogens is 332 g/mol.